The number of hydrogen-bond donors (Lipinski definition) is 0. The summed E-state index contributed by atoms with van der Waals surface area (Å²) in [6.45, 7) is 0.746. The second-order valence-electron chi connectivity index (χ2n) is 5.70. The Morgan fingerprint density at radius 2 is 1.75 bits per heavy atom. The van der Waals surface area contributed by atoms with Crippen LogP contribution in [0.15, 0.2) is 41.8 Å². The molecule has 124 valence electrons. The van der Waals surface area contributed by atoms with Crippen molar-refractivity contribution in [3.8, 4) is 0 Å². The molecule has 0 bridgehead atoms. The van der Waals surface area contributed by atoms with Crippen molar-refractivity contribution in [2.75, 3.05) is 20.1 Å². The molecule has 3 amide bonds. The molecule has 3 rings (SSSR count). The Bertz CT molecular complexity index is 735. The zero-order valence-electron chi connectivity index (χ0n) is 13.4. The van der Waals surface area contributed by atoms with Gasteiger partial charge in [0.25, 0.3) is 11.8 Å². The molecule has 2 heterocycles. The van der Waals surface area contributed by atoms with Crippen LogP contribution in [0.4, 0.5) is 0 Å². The van der Waals surface area contributed by atoms with E-state index in [9.17, 15) is 14.4 Å². The molecule has 0 aliphatic carbocycles. The molecule has 0 N–H and O–H groups in total. The molecule has 0 spiro atoms. The number of nitrogens with zero attached hydrogens (tertiary/aromatic N) is 2. The first-order chi connectivity index (χ1) is 11.6. The van der Waals surface area contributed by atoms with Gasteiger partial charge in [-0.25, -0.2) is 0 Å². The van der Waals surface area contributed by atoms with E-state index in [1.807, 2.05) is 17.5 Å². The zero-order chi connectivity index (χ0) is 17.1. The molecule has 6 heteroatoms. The number of amides is 3. The topological polar surface area (TPSA) is 57.7 Å². The van der Waals surface area contributed by atoms with E-state index in [1.165, 1.54) is 4.88 Å². The summed E-state index contributed by atoms with van der Waals surface area (Å²) < 4.78 is 0. The lowest BCUT2D eigenvalue weighted by molar-refractivity contribution is -0.129. The average molecular weight is 342 g/mol. The number of hydrogen-bond acceptors (Lipinski definition) is 4. The van der Waals surface area contributed by atoms with Crippen LogP contribution in [0, 0.1) is 0 Å². The summed E-state index contributed by atoms with van der Waals surface area (Å²) >= 11 is 1.67. The highest BCUT2D eigenvalue weighted by atomic mass is 32.1. The van der Waals surface area contributed by atoms with E-state index < -0.39 is 0 Å². The van der Waals surface area contributed by atoms with Crippen molar-refractivity contribution in [3.63, 3.8) is 0 Å². The van der Waals surface area contributed by atoms with Crippen molar-refractivity contribution in [2.45, 2.75) is 12.8 Å². The normalized spacial score (nSPS) is 13.3. The minimum atomic E-state index is -0.315. The summed E-state index contributed by atoms with van der Waals surface area (Å²) in [5, 5.41) is 2.01. The number of thiophene rings is 1. The molecule has 24 heavy (non-hydrogen) atoms. The van der Waals surface area contributed by atoms with E-state index in [0.717, 1.165) is 11.3 Å². The van der Waals surface area contributed by atoms with Crippen molar-refractivity contribution in [1.82, 2.24) is 9.80 Å². The Morgan fingerprint density at radius 1 is 1.08 bits per heavy atom. The Balaban J connectivity index is 1.53. The van der Waals surface area contributed by atoms with Crippen molar-refractivity contribution in [1.29, 1.82) is 0 Å². The van der Waals surface area contributed by atoms with Crippen LogP contribution in [-0.4, -0.2) is 47.7 Å². The summed E-state index contributed by atoms with van der Waals surface area (Å²) in [6.07, 6.45) is 0.958. The van der Waals surface area contributed by atoms with Crippen LogP contribution in [0.2, 0.25) is 0 Å². The molecule has 0 atom stereocenters. The van der Waals surface area contributed by atoms with Crippen molar-refractivity contribution >= 4 is 29.1 Å². The fourth-order valence-corrected chi connectivity index (χ4v) is 3.40. The maximum atomic E-state index is 12.3. The summed E-state index contributed by atoms with van der Waals surface area (Å²) in [6, 6.07) is 10.8. The van der Waals surface area contributed by atoms with Crippen LogP contribution in [0.1, 0.15) is 32.0 Å². The van der Waals surface area contributed by atoms with Gasteiger partial charge < -0.3 is 4.90 Å². The van der Waals surface area contributed by atoms with Crippen molar-refractivity contribution < 1.29 is 14.4 Å². The number of fused-ring (bicyclic) bond motifs is 1. The van der Waals surface area contributed by atoms with E-state index >= 15 is 0 Å². The quantitative estimate of drug-likeness (QED) is 0.758. The molecular weight excluding hydrogens is 324 g/mol. The summed E-state index contributed by atoms with van der Waals surface area (Å²) in [5.74, 6) is -0.697. The molecule has 0 radical (unpaired) electrons. The predicted molar refractivity (Wildman–Crippen MR) is 92.1 cm³/mol. The van der Waals surface area contributed by atoms with Gasteiger partial charge in [-0.15, -0.1) is 11.3 Å². The number of benzene rings is 1. The Labute approximate surface area is 144 Å². The van der Waals surface area contributed by atoms with E-state index in [2.05, 4.69) is 0 Å². The maximum absolute atomic E-state index is 12.3. The van der Waals surface area contributed by atoms with Gasteiger partial charge in [-0.05, 0) is 30.0 Å². The van der Waals surface area contributed by atoms with Gasteiger partial charge in [0.15, 0.2) is 0 Å². The Hall–Kier alpha value is -2.47. The number of imide groups is 1. The Kier molecular flexibility index (Phi) is 4.76. The van der Waals surface area contributed by atoms with Crippen LogP contribution < -0.4 is 0 Å². The minimum Gasteiger partial charge on any atom is -0.345 e. The zero-order valence-corrected chi connectivity index (χ0v) is 14.2. The lowest BCUT2D eigenvalue weighted by Crippen LogP contribution is -2.35. The molecule has 0 fully saturated rings. The van der Waals surface area contributed by atoms with Gasteiger partial charge in [-0.2, -0.15) is 0 Å². The van der Waals surface area contributed by atoms with Gasteiger partial charge >= 0.3 is 0 Å². The van der Waals surface area contributed by atoms with E-state index in [0.29, 0.717) is 17.7 Å². The standard InChI is InChI=1S/C18H18N2O3S/c1-19(10-8-13-5-4-12-24-13)16(21)9-11-20-17(22)14-6-2-3-7-15(14)18(20)23/h2-7,12H,8-11H2,1H3. The predicted octanol–water partition coefficient (Wildman–Crippen LogP) is 2.44. The molecular formula is C18H18N2O3S. The molecule has 1 aliphatic rings. The van der Waals surface area contributed by atoms with Gasteiger partial charge in [0.2, 0.25) is 5.91 Å². The SMILES string of the molecule is CN(CCc1cccs1)C(=O)CCN1C(=O)c2ccccc2C1=O. The van der Waals surface area contributed by atoms with Crippen molar-refractivity contribution in [2.24, 2.45) is 0 Å². The first-order valence-corrected chi connectivity index (χ1v) is 8.67. The highest BCUT2D eigenvalue weighted by molar-refractivity contribution is 7.09. The van der Waals surface area contributed by atoms with Gasteiger partial charge in [0, 0.05) is 31.4 Å². The molecule has 1 aromatic heterocycles. The smallest absolute Gasteiger partial charge is 0.261 e. The van der Waals surface area contributed by atoms with Crippen LogP contribution in [-0.2, 0) is 11.2 Å². The lowest BCUT2D eigenvalue weighted by Gasteiger charge is -2.19. The molecule has 0 unspecified atom stereocenters. The molecule has 1 aliphatic heterocycles. The summed E-state index contributed by atoms with van der Waals surface area (Å²) in [4.78, 5) is 40.8. The lowest BCUT2D eigenvalue weighted by atomic mass is 10.1. The second-order valence-corrected chi connectivity index (χ2v) is 6.73. The van der Waals surface area contributed by atoms with Crippen LogP contribution in [0.5, 0.6) is 0 Å². The van der Waals surface area contributed by atoms with Crippen LogP contribution in [0.25, 0.3) is 0 Å². The van der Waals surface area contributed by atoms with Crippen molar-refractivity contribution in [3.05, 3.63) is 57.8 Å². The average Bonchev–Trinajstić information content (AvgIpc) is 3.19. The van der Waals surface area contributed by atoms with Gasteiger partial charge in [0.1, 0.15) is 0 Å². The van der Waals surface area contributed by atoms with Crippen LogP contribution >= 0.6 is 11.3 Å². The summed E-state index contributed by atoms with van der Waals surface area (Å²) in [7, 11) is 1.75. The summed E-state index contributed by atoms with van der Waals surface area (Å²) in [5.41, 5.74) is 0.835. The van der Waals surface area contributed by atoms with Gasteiger partial charge in [-0.1, -0.05) is 18.2 Å². The highest BCUT2D eigenvalue weighted by Crippen LogP contribution is 2.22. The molecule has 5 nitrogen and oxygen atoms in total. The monoisotopic (exact) mass is 342 g/mol. The third-order valence-electron chi connectivity index (χ3n) is 4.13. The first kappa shape index (κ1) is 16.4. The number of carbonyl (C=O) groups is 3. The van der Waals surface area contributed by atoms with Gasteiger partial charge in [0.05, 0.1) is 11.1 Å². The third-order valence-corrected chi connectivity index (χ3v) is 5.06. The highest BCUT2D eigenvalue weighted by Gasteiger charge is 2.35. The number of rotatable bonds is 6. The molecule has 1 aromatic carbocycles. The second kappa shape index (κ2) is 6.97. The van der Waals surface area contributed by atoms with E-state index in [1.54, 1.807) is 47.5 Å². The number of likely N-dealkylation sites (N-methyl/N-ethyl adjacent to an activating group) is 1. The minimum absolute atomic E-state index is 0.0666. The number of carbonyl (C=O) groups excluding carboxylic acids is 3. The fraction of sp³-hybridized carbons (Fsp3) is 0.278. The Morgan fingerprint density at radius 3 is 2.33 bits per heavy atom. The molecule has 0 saturated carbocycles. The van der Waals surface area contributed by atoms with E-state index in [-0.39, 0.29) is 30.7 Å². The van der Waals surface area contributed by atoms with E-state index in [4.69, 9.17) is 0 Å². The largest absolute Gasteiger partial charge is 0.345 e. The first-order valence-electron chi connectivity index (χ1n) is 7.79. The fourth-order valence-electron chi connectivity index (χ4n) is 2.70. The maximum Gasteiger partial charge on any atom is 0.261 e. The third kappa shape index (κ3) is 3.23. The van der Waals surface area contributed by atoms with Crippen LogP contribution in [0.3, 0.4) is 0 Å². The molecule has 2 aromatic rings. The molecule has 0 saturated heterocycles. The van der Waals surface area contributed by atoms with Gasteiger partial charge in [-0.3, -0.25) is 19.3 Å².